The summed E-state index contributed by atoms with van der Waals surface area (Å²) in [7, 11) is 0. The summed E-state index contributed by atoms with van der Waals surface area (Å²) < 4.78 is 6.24. The first-order chi connectivity index (χ1) is 23.5. The Morgan fingerprint density at radius 3 is 1.29 bits per heavy atom. The molecule has 8 rings (SSSR count). The van der Waals surface area contributed by atoms with Gasteiger partial charge in [0.1, 0.15) is 11.2 Å². The van der Waals surface area contributed by atoms with E-state index in [9.17, 15) is 51.1 Å². The van der Waals surface area contributed by atoms with Crippen molar-refractivity contribution in [1.29, 1.82) is 0 Å². The van der Waals surface area contributed by atoms with Gasteiger partial charge in [0, 0.05) is 16.3 Å². The lowest BCUT2D eigenvalue weighted by atomic mass is 9.84. The maximum Gasteiger partial charge on any atom is 0.208 e. The van der Waals surface area contributed by atoms with Gasteiger partial charge in [-0.25, -0.2) is 0 Å². The molecule has 10 N–H and O–H groups in total. The number of aromatic hydroxyl groups is 10. The number of benzene rings is 7. The molecule has 0 spiro atoms. The molecule has 0 aliphatic heterocycles. The van der Waals surface area contributed by atoms with E-state index >= 15 is 0 Å². The average Bonchev–Trinajstić information content (AvgIpc) is 3.50. The Morgan fingerprint density at radius 2 is 0.776 bits per heavy atom. The van der Waals surface area contributed by atoms with Crippen LogP contribution >= 0.6 is 0 Å². The molecule has 0 fully saturated rings. The van der Waals surface area contributed by atoms with Crippen molar-refractivity contribution in [2.75, 3.05) is 0 Å². The third-order valence-electron chi connectivity index (χ3n) is 8.98. The molecule has 7 aromatic carbocycles. The van der Waals surface area contributed by atoms with Crippen molar-refractivity contribution in [1.82, 2.24) is 0 Å². The molecule has 8 aromatic rings. The zero-order valence-corrected chi connectivity index (χ0v) is 25.0. The van der Waals surface area contributed by atoms with E-state index in [4.69, 9.17) is 4.42 Å². The number of rotatable bonds is 3. The van der Waals surface area contributed by atoms with Crippen molar-refractivity contribution in [3.63, 3.8) is 0 Å². The van der Waals surface area contributed by atoms with E-state index in [1.807, 2.05) is 30.3 Å². The Kier molecular flexibility index (Phi) is 6.08. The quantitative estimate of drug-likeness (QED) is 0.0500. The largest absolute Gasteiger partial charge is 0.504 e. The lowest BCUT2D eigenvalue weighted by molar-refractivity contribution is 0.330. The number of hydrogen-bond donors (Lipinski definition) is 10. The van der Waals surface area contributed by atoms with Gasteiger partial charge in [-0.2, -0.15) is 0 Å². The normalized spacial score (nSPS) is 11.7. The molecule has 0 aliphatic rings. The highest BCUT2D eigenvalue weighted by Crippen LogP contribution is 2.58. The number of phenolic OH excluding ortho intramolecular Hbond substituents is 10. The standard InChI is InChI=1S/C38H24O11/c39-29-24(30(40)34(44)37(47)33(29)43)15-12-13-20-23(14-15)49-22-11-5-10-21(26(20)22)25-16-6-1-3-8-18(16)27(19-9-4-2-7-17(19)25)28-31(41)35(45)38(48)36(46)32(28)42/h1-14,39-48H. The molecule has 11 nitrogen and oxygen atoms in total. The minimum atomic E-state index is -1.07. The fraction of sp³-hybridized carbons (Fsp3) is 0. The summed E-state index contributed by atoms with van der Waals surface area (Å²) in [4.78, 5) is 0. The van der Waals surface area contributed by atoms with Gasteiger partial charge in [-0.05, 0) is 56.4 Å². The molecule has 0 aliphatic carbocycles. The second-order valence-electron chi connectivity index (χ2n) is 11.6. The average molecular weight is 657 g/mol. The summed E-state index contributed by atoms with van der Waals surface area (Å²) in [5, 5.41) is 108. The van der Waals surface area contributed by atoms with E-state index in [0.29, 0.717) is 49.0 Å². The molecule has 0 saturated carbocycles. The van der Waals surface area contributed by atoms with Crippen LogP contribution in [0, 0.1) is 0 Å². The smallest absolute Gasteiger partial charge is 0.208 e. The SMILES string of the molecule is Oc1c(O)c(O)c(-c2ccc3c(c2)oc2cccc(-c4c5ccccc5c(-c5c(O)c(O)c(O)c(O)c5O)c5ccccc45)c23)c(O)c1O. The van der Waals surface area contributed by atoms with Gasteiger partial charge in [-0.15, -0.1) is 0 Å². The first kappa shape index (κ1) is 29.3. The Labute approximate surface area is 274 Å². The minimum Gasteiger partial charge on any atom is -0.504 e. The molecule has 49 heavy (non-hydrogen) atoms. The van der Waals surface area contributed by atoms with Crippen LogP contribution in [0.3, 0.4) is 0 Å². The molecule has 0 bridgehead atoms. The van der Waals surface area contributed by atoms with Crippen molar-refractivity contribution in [2.45, 2.75) is 0 Å². The maximum absolute atomic E-state index is 11.0. The van der Waals surface area contributed by atoms with Gasteiger partial charge in [0.05, 0.1) is 11.1 Å². The van der Waals surface area contributed by atoms with Gasteiger partial charge >= 0.3 is 0 Å². The lowest BCUT2D eigenvalue weighted by Gasteiger charge is -2.20. The van der Waals surface area contributed by atoms with E-state index < -0.39 is 57.5 Å². The first-order valence-electron chi connectivity index (χ1n) is 14.8. The predicted octanol–water partition coefficient (Wildman–Crippen LogP) is 7.95. The molecule has 242 valence electrons. The van der Waals surface area contributed by atoms with Crippen molar-refractivity contribution < 1.29 is 55.5 Å². The third-order valence-corrected chi connectivity index (χ3v) is 8.98. The summed E-state index contributed by atoms with van der Waals surface area (Å²) in [6.07, 6.45) is 0. The molecule has 1 heterocycles. The zero-order chi connectivity index (χ0) is 34.5. The lowest BCUT2D eigenvalue weighted by Crippen LogP contribution is -1.92. The summed E-state index contributed by atoms with van der Waals surface area (Å²) >= 11 is 0. The minimum absolute atomic E-state index is 0.175. The second kappa shape index (κ2) is 10.2. The van der Waals surface area contributed by atoms with E-state index in [1.165, 1.54) is 6.07 Å². The molecule has 11 heteroatoms. The molecular formula is C38H24O11. The highest BCUT2D eigenvalue weighted by Gasteiger charge is 2.29. The van der Waals surface area contributed by atoms with Gasteiger partial charge in [0.25, 0.3) is 0 Å². The third kappa shape index (κ3) is 3.90. The maximum atomic E-state index is 11.0. The number of fused-ring (bicyclic) bond motifs is 5. The Hall–Kier alpha value is -7.14. The van der Waals surface area contributed by atoms with Crippen LogP contribution in [0.4, 0.5) is 0 Å². The van der Waals surface area contributed by atoms with Crippen LogP contribution in [0.1, 0.15) is 0 Å². The molecule has 0 saturated heterocycles. The van der Waals surface area contributed by atoms with Gasteiger partial charge in [0.2, 0.25) is 34.5 Å². The summed E-state index contributed by atoms with van der Waals surface area (Å²) in [6.45, 7) is 0. The number of phenols is 10. The van der Waals surface area contributed by atoms with Crippen LogP contribution in [0.5, 0.6) is 57.5 Å². The fourth-order valence-electron chi connectivity index (χ4n) is 6.76. The summed E-state index contributed by atoms with van der Waals surface area (Å²) in [6, 6.07) is 24.6. The molecular weight excluding hydrogens is 632 g/mol. The van der Waals surface area contributed by atoms with Crippen molar-refractivity contribution >= 4 is 43.5 Å². The van der Waals surface area contributed by atoms with Gasteiger partial charge in [-0.3, -0.25) is 0 Å². The van der Waals surface area contributed by atoms with Crippen LogP contribution in [0.2, 0.25) is 0 Å². The van der Waals surface area contributed by atoms with E-state index in [1.54, 1.807) is 48.5 Å². The zero-order valence-electron chi connectivity index (χ0n) is 25.0. The monoisotopic (exact) mass is 656 g/mol. The highest BCUT2D eigenvalue weighted by molar-refractivity contribution is 6.26. The molecule has 0 radical (unpaired) electrons. The van der Waals surface area contributed by atoms with Gasteiger partial charge < -0.3 is 55.5 Å². The van der Waals surface area contributed by atoms with Gasteiger partial charge in [0.15, 0.2) is 23.0 Å². The highest BCUT2D eigenvalue weighted by atomic mass is 16.4. The summed E-state index contributed by atoms with van der Waals surface area (Å²) in [5.74, 6) is -9.42. The van der Waals surface area contributed by atoms with E-state index in [2.05, 4.69) is 0 Å². The van der Waals surface area contributed by atoms with E-state index in [0.717, 1.165) is 11.1 Å². The Morgan fingerprint density at radius 1 is 0.327 bits per heavy atom. The summed E-state index contributed by atoms with van der Waals surface area (Å²) in [5.41, 5.74) is 2.18. The second-order valence-corrected chi connectivity index (χ2v) is 11.6. The van der Waals surface area contributed by atoms with Crippen LogP contribution in [-0.2, 0) is 0 Å². The van der Waals surface area contributed by atoms with Crippen molar-refractivity contribution in [3.8, 4) is 90.9 Å². The number of hydrogen-bond acceptors (Lipinski definition) is 11. The Balaban J connectivity index is 1.45. The van der Waals surface area contributed by atoms with Crippen molar-refractivity contribution in [2.24, 2.45) is 0 Å². The van der Waals surface area contributed by atoms with Crippen LogP contribution in [0.15, 0.2) is 89.3 Å². The first-order valence-corrected chi connectivity index (χ1v) is 14.8. The molecule has 0 unspecified atom stereocenters. The van der Waals surface area contributed by atoms with Gasteiger partial charge in [-0.1, -0.05) is 66.7 Å². The molecule has 0 amide bonds. The van der Waals surface area contributed by atoms with Crippen LogP contribution in [-0.4, -0.2) is 51.1 Å². The molecule has 0 atom stereocenters. The predicted molar refractivity (Wildman–Crippen MR) is 182 cm³/mol. The Bertz CT molecular complexity index is 2610. The number of furan rings is 1. The van der Waals surface area contributed by atoms with E-state index in [-0.39, 0.29) is 16.7 Å². The topological polar surface area (TPSA) is 215 Å². The molecule has 1 aromatic heterocycles. The van der Waals surface area contributed by atoms with Crippen molar-refractivity contribution in [3.05, 3.63) is 84.9 Å². The fourth-order valence-corrected chi connectivity index (χ4v) is 6.76. The van der Waals surface area contributed by atoms with Crippen LogP contribution in [0.25, 0.3) is 76.9 Å². The van der Waals surface area contributed by atoms with Crippen LogP contribution < -0.4 is 0 Å².